The Kier molecular flexibility index (Phi) is 13.7. The second-order valence-corrected chi connectivity index (χ2v) is 22.2. The Morgan fingerprint density at radius 1 is 0.283 bits per heavy atom. The minimum atomic E-state index is -4.80. The Balaban J connectivity index is 1.05. The van der Waals surface area contributed by atoms with Gasteiger partial charge in [0.15, 0.2) is 17.5 Å². The number of fused-ring (bicyclic) bond motifs is 6. The van der Waals surface area contributed by atoms with Gasteiger partial charge in [-0.2, -0.15) is 34.2 Å². The zero-order chi connectivity index (χ0) is 62.6. The molecular formula is C80H44F3N9. The predicted octanol–water partition coefficient (Wildman–Crippen LogP) is 19.9. The van der Waals surface area contributed by atoms with Crippen molar-refractivity contribution in [2.45, 2.75) is 6.18 Å². The van der Waals surface area contributed by atoms with E-state index in [0.717, 1.165) is 72.0 Å². The van der Waals surface area contributed by atoms with Gasteiger partial charge in [0.2, 0.25) is 0 Å². The first-order valence-electron chi connectivity index (χ1n) is 29.5. The molecule has 0 saturated carbocycles. The molecule has 0 aliphatic rings. The van der Waals surface area contributed by atoms with Gasteiger partial charge in [-0.25, -0.2) is 15.0 Å². The Morgan fingerprint density at radius 3 is 1.02 bits per heavy atom. The molecule has 0 spiro atoms. The van der Waals surface area contributed by atoms with Gasteiger partial charge in [-0.3, -0.25) is 0 Å². The number of benzene rings is 12. The molecule has 0 aliphatic heterocycles. The molecule has 0 radical (unpaired) electrons. The highest BCUT2D eigenvalue weighted by Crippen LogP contribution is 2.47. The van der Waals surface area contributed by atoms with Gasteiger partial charge < -0.3 is 9.13 Å². The smallest absolute Gasteiger partial charge is 0.309 e. The van der Waals surface area contributed by atoms with Crippen LogP contribution < -0.4 is 0 Å². The summed E-state index contributed by atoms with van der Waals surface area (Å²) in [6, 6.07) is 91.2. The third-order valence-corrected chi connectivity index (χ3v) is 17.0. The fraction of sp³-hybridized carbons (Fsp3) is 0.0125. The molecule has 0 aliphatic carbocycles. The van der Waals surface area contributed by atoms with Crippen LogP contribution in [-0.4, -0.2) is 24.1 Å². The number of nitrogens with zero attached hydrogens (tertiary/aromatic N) is 9. The molecule has 15 aromatic rings. The molecule has 0 unspecified atom stereocenters. The van der Waals surface area contributed by atoms with Crippen LogP contribution >= 0.6 is 0 Å². The Labute approximate surface area is 525 Å². The second-order valence-electron chi connectivity index (χ2n) is 22.2. The number of halogens is 3. The Morgan fingerprint density at radius 2 is 0.641 bits per heavy atom. The molecule has 15 rings (SSSR count). The summed E-state index contributed by atoms with van der Waals surface area (Å²) >= 11 is 0. The second kappa shape index (κ2) is 22.6. The van der Waals surface area contributed by atoms with Crippen molar-refractivity contribution in [3.05, 3.63) is 295 Å². The summed E-state index contributed by atoms with van der Waals surface area (Å²) in [6.07, 6.45) is -4.80. The Hall–Kier alpha value is -13.0. The number of alkyl halides is 3. The van der Waals surface area contributed by atoms with Gasteiger partial charge in [-0.05, 0) is 159 Å². The van der Waals surface area contributed by atoms with Crippen LogP contribution in [-0.2, 0) is 6.18 Å². The third-order valence-electron chi connectivity index (χ3n) is 17.0. The van der Waals surface area contributed by atoms with E-state index in [1.807, 2.05) is 217 Å². The number of rotatable bonds is 10. The fourth-order valence-electron chi connectivity index (χ4n) is 12.7. The molecule has 92 heavy (non-hydrogen) atoms. The van der Waals surface area contributed by atoms with Crippen molar-refractivity contribution in [3.63, 3.8) is 0 Å². The topological polar surface area (TPSA) is 144 Å². The van der Waals surface area contributed by atoms with E-state index in [2.05, 4.69) is 41.0 Å². The summed E-state index contributed by atoms with van der Waals surface area (Å²) in [6.45, 7) is 0. The Bertz CT molecular complexity index is 5410. The van der Waals surface area contributed by atoms with Gasteiger partial charge in [0.25, 0.3) is 0 Å². The van der Waals surface area contributed by atoms with E-state index in [1.165, 1.54) is 12.1 Å². The lowest BCUT2D eigenvalue weighted by atomic mass is 9.94. The average Bonchev–Trinajstić information content (AvgIpc) is 1.54. The van der Waals surface area contributed by atoms with Crippen molar-refractivity contribution >= 4 is 43.6 Å². The third kappa shape index (κ3) is 9.62. The summed E-state index contributed by atoms with van der Waals surface area (Å²) in [5.41, 5.74) is 13.2. The van der Waals surface area contributed by atoms with Crippen LogP contribution in [0.4, 0.5) is 13.2 Å². The van der Waals surface area contributed by atoms with Crippen LogP contribution in [0.2, 0.25) is 0 Å². The minimum absolute atomic E-state index is 0.197. The van der Waals surface area contributed by atoms with Gasteiger partial charge >= 0.3 is 6.18 Å². The molecule has 0 fully saturated rings. The van der Waals surface area contributed by atoms with Crippen LogP contribution in [0.3, 0.4) is 0 Å². The first-order chi connectivity index (χ1) is 45.1. The summed E-state index contributed by atoms with van der Waals surface area (Å²) in [5.74, 6) is 0.905. The van der Waals surface area contributed by atoms with E-state index in [0.29, 0.717) is 89.7 Å². The van der Waals surface area contributed by atoms with E-state index in [1.54, 1.807) is 24.3 Å². The lowest BCUT2D eigenvalue weighted by Gasteiger charge is -2.20. The predicted molar refractivity (Wildman–Crippen MR) is 356 cm³/mol. The van der Waals surface area contributed by atoms with Gasteiger partial charge in [-0.15, -0.1) is 0 Å². The van der Waals surface area contributed by atoms with Crippen molar-refractivity contribution in [2.75, 3.05) is 0 Å². The molecule has 0 saturated heterocycles. The van der Waals surface area contributed by atoms with E-state index in [9.17, 15) is 21.0 Å². The van der Waals surface area contributed by atoms with Crippen molar-refractivity contribution < 1.29 is 13.2 Å². The summed E-state index contributed by atoms with van der Waals surface area (Å²) in [5, 5.41) is 44.4. The maximum Gasteiger partial charge on any atom is 0.416 e. The molecule has 0 atom stereocenters. The standard InChI is InChI=1S/C80H44F3N9/c81-80(82,83)59-31-38-76(92-74-36-29-53(63-25-13-9-21-57(63)47-86)41-69(74)70-42-54(30-37-75(70)92)64-26-14-10-22-58(64)48-87)71(43-59)66-44-60(32-33-65(66)79-89-77(49-15-3-1-4-16-49)88-78(90-79)50-17-5-2-6-18-50)91-72-34-27-51(61-23-11-7-19-55(61)45-84)39-67(72)68-40-52(28-35-73(68)91)62-24-12-8-20-56(62)46-85/h1-44H. The number of aromatic nitrogens is 5. The SMILES string of the molecule is N#Cc1ccccc1-c1ccc2c(c1)c1cc(-c3ccccc3C#N)ccc1n2-c1ccc(-c2nc(-c3ccccc3)nc(-c3ccccc3)n2)c(-c2cc(C(F)(F)F)ccc2-n2c3ccc(-c4ccccc4C#N)cc3c3cc(-c4ccccc4C#N)ccc32)c1. The first-order valence-corrected chi connectivity index (χ1v) is 29.5. The number of hydrogen-bond acceptors (Lipinski definition) is 7. The van der Waals surface area contributed by atoms with Crippen molar-refractivity contribution in [1.82, 2.24) is 24.1 Å². The van der Waals surface area contributed by atoms with Crippen LogP contribution in [0.5, 0.6) is 0 Å². The average molecular weight is 1190 g/mol. The van der Waals surface area contributed by atoms with Crippen LogP contribution in [0.1, 0.15) is 27.8 Å². The van der Waals surface area contributed by atoms with E-state index in [-0.39, 0.29) is 11.4 Å². The summed E-state index contributed by atoms with van der Waals surface area (Å²) in [7, 11) is 0. The maximum absolute atomic E-state index is 15.8. The lowest BCUT2D eigenvalue weighted by Crippen LogP contribution is -2.08. The lowest BCUT2D eigenvalue weighted by molar-refractivity contribution is -0.137. The van der Waals surface area contributed by atoms with E-state index < -0.39 is 11.7 Å². The zero-order valence-electron chi connectivity index (χ0n) is 48.6. The normalized spacial score (nSPS) is 11.4. The largest absolute Gasteiger partial charge is 0.416 e. The highest BCUT2D eigenvalue weighted by atomic mass is 19.4. The molecule has 0 bridgehead atoms. The van der Waals surface area contributed by atoms with Crippen LogP contribution in [0.25, 0.3) is 145 Å². The molecule has 12 aromatic carbocycles. The van der Waals surface area contributed by atoms with Crippen LogP contribution in [0.15, 0.2) is 267 Å². The van der Waals surface area contributed by atoms with Crippen molar-refractivity contribution in [3.8, 4) is 125 Å². The van der Waals surface area contributed by atoms with E-state index in [4.69, 9.17) is 15.0 Å². The fourth-order valence-corrected chi connectivity index (χ4v) is 12.7. The van der Waals surface area contributed by atoms with Crippen molar-refractivity contribution in [2.24, 2.45) is 0 Å². The number of hydrogen-bond donors (Lipinski definition) is 0. The quantitative estimate of drug-likeness (QED) is 0.133. The number of nitriles is 4. The summed E-state index contributed by atoms with van der Waals surface area (Å²) < 4.78 is 51.6. The molecular weight excluding hydrogens is 1140 g/mol. The van der Waals surface area contributed by atoms with E-state index >= 15 is 13.2 Å². The van der Waals surface area contributed by atoms with Gasteiger partial charge in [0.1, 0.15) is 0 Å². The molecule has 3 aromatic heterocycles. The summed E-state index contributed by atoms with van der Waals surface area (Å²) in [4.78, 5) is 15.4. The van der Waals surface area contributed by atoms with Gasteiger partial charge in [-0.1, -0.05) is 158 Å². The highest BCUT2D eigenvalue weighted by Gasteiger charge is 2.33. The first kappa shape index (κ1) is 55.6. The minimum Gasteiger partial charge on any atom is -0.309 e. The maximum atomic E-state index is 15.8. The molecule has 9 nitrogen and oxygen atoms in total. The highest BCUT2D eigenvalue weighted by molar-refractivity contribution is 6.14. The monoisotopic (exact) mass is 1190 g/mol. The molecule has 3 heterocycles. The van der Waals surface area contributed by atoms with Crippen molar-refractivity contribution in [1.29, 1.82) is 21.0 Å². The van der Waals surface area contributed by atoms with Gasteiger partial charge in [0, 0.05) is 49.5 Å². The molecule has 430 valence electrons. The van der Waals surface area contributed by atoms with Crippen LogP contribution in [0, 0.1) is 45.3 Å². The van der Waals surface area contributed by atoms with Gasteiger partial charge in [0.05, 0.1) is 79.8 Å². The molecule has 0 amide bonds. The molecule has 12 heteroatoms. The zero-order valence-corrected chi connectivity index (χ0v) is 48.6. The molecule has 0 N–H and O–H groups in total.